The molecule has 0 aliphatic carbocycles. The van der Waals surface area contributed by atoms with Gasteiger partial charge in [-0.3, -0.25) is 10.1 Å². The summed E-state index contributed by atoms with van der Waals surface area (Å²) in [6.45, 7) is 5.10. The maximum atomic E-state index is 12.5. The number of carbonyl (C=O) groups excluding carboxylic acids is 3. The second-order valence-corrected chi connectivity index (χ2v) is 7.97. The Kier molecular flexibility index (Phi) is 7.99. The number of rotatable bonds is 5. The maximum Gasteiger partial charge on any atom is 0.412 e. The number of hydrogen-bond acceptors (Lipinski definition) is 6. The zero-order valence-corrected chi connectivity index (χ0v) is 18.7. The molecule has 2 rings (SSSR count). The molecule has 2 amide bonds. The number of methoxy groups -OCH3 is 1. The van der Waals surface area contributed by atoms with Gasteiger partial charge >= 0.3 is 12.1 Å². The Hall–Kier alpha value is -3.83. The van der Waals surface area contributed by atoms with Crippen molar-refractivity contribution in [2.45, 2.75) is 26.4 Å². The van der Waals surface area contributed by atoms with Crippen LogP contribution in [-0.2, 0) is 14.3 Å². The van der Waals surface area contributed by atoms with Crippen molar-refractivity contribution in [1.82, 2.24) is 5.32 Å². The summed E-state index contributed by atoms with van der Waals surface area (Å²) in [4.78, 5) is 36.5. The lowest BCUT2D eigenvalue weighted by Crippen LogP contribution is -2.34. The summed E-state index contributed by atoms with van der Waals surface area (Å²) in [5.74, 6) is -1.22. The summed E-state index contributed by atoms with van der Waals surface area (Å²) in [5, 5.41) is 14.3. The van der Waals surface area contributed by atoms with Crippen LogP contribution in [0.5, 0.6) is 0 Å². The number of nitriles is 1. The van der Waals surface area contributed by atoms with Gasteiger partial charge in [-0.25, -0.2) is 9.59 Å². The monoisotopic (exact) mass is 455 g/mol. The molecule has 32 heavy (non-hydrogen) atoms. The van der Waals surface area contributed by atoms with E-state index in [4.69, 9.17) is 26.3 Å². The van der Waals surface area contributed by atoms with Crippen LogP contribution in [0.3, 0.4) is 0 Å². The molecule has 0 unspecified atom stereocenters. The van der Waals surface area contributed by atoms with Crippen LogP contribution in [0.2, 0.25) is 5.02 Å². The minimum absolute atomic E-state index is 0.112. The Morgan fingerprint density at radius 1 is 1.09 bits per heavy atom. The third-order valence-corrected chi connectivity index (χ3v) is 4.19. The van der Waals surface area contributed by atoms with Crippen LogP contribution in [0, 0.1) is 11.3 Å². The van der Waals surface area contributed by atoms with E-state index in [1.165, 1.54) is 31.4 Å². The molecule has 0 atom stereocenters. The summed E-state index contributed by atoms with van der Waals surface area (Å²) >= 11 is 6.06. The van der Waals surface area contributed by atoms with E-state index in [1.54, 1.807) is 45.0 Å². The zero-order valence-electron chi connectivity index (χ0n) is 18.0. The third-order valence-electron chi connectivity index (χ3n) is 3.86. The first-order valence-electron chi connectivity index (χ1n) is 9.43. The molecule has 8 nitrogen and oxygen atoms in total. The number of nitrogens with zero attached hydrogens (tertiary/aromatic N) is 1. The highest BCUT2D eigenvalue weighted by molar-refractivity contribution is 6.34. The van der Waals surface area contributed by atoms with E-state index >= 15 is 0 Å². The normalized spacial score (nSPS) is 11.2. The first-order valence-corrected chi connectivity index (χ1v) is 9.81. The Bertz CT molecular complexity index is 1100. The van der Waals surface area contributed by atoms with Gasteiger partial charge in [0.1, 0.15) is 11.3 Å². The fraction of sp³-hybridized carbons (Fsp3) is 0.217. The highest BCUT2D eigenvalue weighted by Gasteiger charge is 2.20. The number of hydrogen-bond donors (Lipinski definition) is 2. The molecule has 0 aliphatic rings. The molecular formula is C23H22ClN3O5. The van der Waals surface area contributed by atoms with Crippen molar-refractivity contribution in [2.75, 3.05) is 12.4 Å². The number of nitrogens with one attached hydrogen (secondary N) is 2. The molecule has 0 radical (unpaired) electrons. The number of anilines is 1. The molecule has 0 spiro atoms. The third kappa shape index (κ3) is 7.15. The minimum Gasteiger partial charge on any atom is -0.464 e. The SMILES string of the molecule is COC(=O)/C(=C/c1ccc(NC(=O)c2cc(C#N)ccc2Cl)cc1)NC(=O)OC(C)(C)C. The van der Waals surface area contributed by atoms with Crippen molar-refractivity contribution < 1.29 is 23.9 Å². The summed E-state index contributed by atoms with van der Waals surface area (Å²) in [5.41, 5.74) is 0.658. The van der Waals surface area contributed by atoms with Gasteiger partial charge in [-0.1, -0.05) is 23.7 Å². The molecule has 0 saturated carbocycles. The fourth-order valence-corrected chi connectivity index (χ4v) is 2.67. The summed E-state index contributed by atoms with van der Waals surface area (Å²) in [6, 6.07) is 12.8. The van der Waals surface area contributed by atoms with E-state index in [9.17, 15) is 14.4 Å². The Morgan fingerprint density at radius 3 is 2.31 bits per heavy atom. The molecule has 0 saturated heterocycles. The lowest BCUT2D eigenvalue weighted by Gasteiger charge is -2.20. The zero-order chi connectivity index (χ0) is 23.9. The Labute approximate surface area is 190 Å². The van der Waals surface area contributed by atoms with Gasteiger partial charge in [0.2, 0.25) is 0 Å². The van der Waals surface area contributed by atoms with E-state index in [2.05, 4.69) is 10.6 Å². The fourth-order valence-electron chi connectivity index (χ4n) is 2.47. The topological polar surface area (TPSA) is 118 Å². The minimum atomic E-state index is -0.797. The van der Waals surface area contributed by atoms with Gasteiger partial charge in [-0.05, 0) is 62.7 Å². The lowest BCUT2D eigenvalue weighted by molar-refractivity contribution is -0.136. The summed E-state index contributed by atoms with van der Waals surface area (Å²) in [6.07, 6.45) is 0.615. The smallest absolute Gasteiger partial charge is 0.412 e. The van der Waals surface area contributed by atoms with Crippen LogP contribution in [0.1, 0.15) is 42.3 Å². The quantitative estimate of drug-likeness (QED) is 0.506. The standard InChI is InChI=1S/C23H22ClN3O5/c1-23(2,3)32-22(30)27-19(21(29)31-4)12-14-5-8-16(9-6-14)26-20(28)17-11-15(13-25)7-10-18(17)24/h5-12H,1-4H3,(H,26,28)(H,27,30)/b19-12-. The van der Waals surface area contributed by atoms with Gasteiger partial charge in [-0.15, -0.1) is 0 Å². The van der Waals surface area contributed by atoms with E-state index in [0.717, 1.165) is 0 Å². The Balaban J connectivity index is 2.18. The molecule has 2 N–H and O–H groups in total. The summed E-state index contributed by atoms with van der Waals surface area (Å²) in [7, 11) is 1.19. The van der Waals surface area contributed by atoms with Gasteiger partial charge in [0.15, 0.2) is 0 Å². The first-order chi connectivity index (χ1) is 15.0. The van der Waals surface area contributed by atoms with Gasteiger partial charge < -0.3 is 14.8 Å². The van der Waals surface area contributed by atoms with Crippen LogP contribution in [0.15, 0.2) is 48.2 Å². The molecule has 0 bridgehead atoms. The van der Waals surface area contributed by atoms with Crippen LogP contribution in [0.4, 0.5) is 10.5 Å². The number of alkyl carbamates (subject to hydrolysis) is 1. The number of carbonyl (C=O) groups is 3. The van der Waals surface area contributed by atoms with Gasteiger partial charge in [-0.2, -0.15) is 5.26 Å². The Morgan fingerprint density at radius 2 is 1.75 bits per heavy atom. The largest absolute Gasteiger partial charge is 0.464 e. The van der Waals surface area contributed by atoms with Crippen molar-refractivity contribution in [3.05, 3.63) is 69.9 Å². The molecular weight excluding hydrogens is 434 g/mol. The van der Waals surface area contributed by atoms with Crippen LogP contribution in [0.25, 0.3) is 6.08 Å². The van der Waals surface area contributed by atoms with E-state index in [1.807, 2.05) is 6.07 Å². The maximum absolute atomic E-state index is 12.5. The molecule has 2 aromatic carbocycles. The van der Waals surface area contributed by atoms with Crippen molar-refractivity contribution in [1.29, 1.82) is 5.26 Å². The van der Waals surface area contributed by atoms with Gasteiger partial charge in [0.25, 0.3) is 5.91 Å². The van der Waals surface area contributed by atoms with Crippen molar-refractivity contribution in [3.63, 3.8) is 0 Å². The van der Waals surface area contributed by atoms with Gasteiger partial charge in [0.05, 0.1) is 29.3 Å². The highest BCUT2D eigenvalue weighted by Crippen LogP contribution is 2.20. The average molecular weight is 456 g/mol. The highest BCUT2D eigenvalue weighted by atomic mass is 35.5. The number of esters is 1. The molecule has 9 heteroatoms. The number of ether oxygens (including phenoxy) is 2. The molecule has 0 aliphatic heterocycles. The molecule has 166 valence electrons. The number of halogens is 1. The number of benzene rings is 2. The van der Waals surface area contributed by atoms with E-state index in [-0.39, 0.29) is 16.3 Å². The van der Waals surface area contributed by atoms with Crippen LogP contribution in [-0.4, -0.2) is 30.7 Å². The molecule has 0 fully saturated rings. The first kappa shape index (κ1) is 24.4. The van der Waals surface area contributed by atoms with Crippen LogP contribution >= 0.6 is 11.6 Å². The predicted octanol–water partition coefficient (Wildman–Crippen LogP) is 4.50. The molecule has 0 aromatic heterocycles. The summed E-state index contributed by atoms with van der Waals surface area (Å²) < 4.78 is 9.86. The van der Waals surface area contributed by atoms with E-state index in [0.29, 0.717) is 16.8 Å². The van der Waals surface area contributed by atoms with Crippen LogP contribution < -0.4 is 10.6 Å². The molecule has 2 aromatic rings. The van der Waals surface area contributed by atoms with Crippen molar-refractivity contribution in [2.24, 2.45) is 0 Å². The van der Waals surface area contributed by atoms with E-state index < -0.39 is 23.6 Å². The van der Waals surface area contributed by atoms with Crippen molar-refractivity contribution in [3.8, 4) is 6.07 Å². The lowest BCUT2D eigenvalue weighted by atomic mass is 10.1. The van der Waals surface area contributed by atoms with Crippen molar-refractivity contribution >= 4 is 41.3 Å². The second kappa shape index (κ2) is 10.5. The van der Waals surface area contributed by atoms with Gasteiger partial charge in [0, 0.05) is 5.69 Å². The molecule has 0 heterocycles. The predicted molar refractivity (Wildman–Crippen MR) is 120 cm³/mol. The number of amides is 2. The second-order valence-electron chi connectivity index (χ2n) is 7.56. The average Bonchev–Trinajstić information content (AvgIpc) is 2.73.